The maximum absolute atomic E-state index is 13.3. The minimum Gasteiger partial charge on any atom is -0.316 e. The summed E-state index contributed by atoms with van der Waals surface area (Å²) in [6.07, 6.45) is 2.02. The first kappa shape index (κ1) is 11.5. The molecule has 1 saturated heterocycles. The van der Waals surface area contributed by atoms with Gasteiger partial charge in [0.15, 0.2) is 9.84 Å². The first-order valence-electron chi connectivity index (χ1n) is 5.18. The van der Waals surface area contributed by atoms with Gasteiger partial charge in [0, 0.05) is 12.8 Å². The van der Waals surface area contributed by atoms with Crippen LogP contribution in [0.5, 0.6) is 0 Å². The lowest BCUT2D eigenvalue weighted by atomic mass is 9.98. The highest BCUT2D eigenvalue weighted by Gasteiger charge is 2.19. The second-order valence-corrected chi connectivity index (χ2v) is 6.20. The van der Waals surface area contributed by atoms with E-state index in [1.807, 2.05) is 0 Å². The maximum atomic E-state index is 13.3. The lowest BCUT2D eigenvalue weighted by Crippen LogP contribution is -2.09. The fourth-order valence-electron chi connectivity index (χ4n) is 1.97. The van der Waals surface area contributed by atoms with Gasteiger partial charge in [0.2, 0.25) is 0 Å². The van der Waals surface area contributed by atoms with Gasteiger partial charge in [-0.15, -0.1) is 0 Å². The maximum Gasteiger partial charge on any atom is 0.175 e. The van der Waals surface area contributed by atoms with Crippen molar-refractivity contribution < 1.29 is 12.8 Å². The number of hydrogen-bond acceptors (Lipinski definition) is 3. The van der Waals surface area contributed by atoms with Crippen LogP contribution in [0, 0.1) is 5.82 Å². The van der Waals surface area contributed by atoms with Crippen molar-refractivity contribution in [3.8, 4) is 0 Å². The van der Waals surface area contributed by atoms with E-state index in [4.69, 9.17) is 0 Å². The molecule has 1 unspecified atom stereocenters. The summed E-state index contributed by atoms with van der Waals surface area (Å²) in [7, 11) is -3.34. The van der Waals surface area contributed by atoms with Crippen LogP contribution in [-0.4, -0.2) is 27.8 Å². The van der Waals surface area contributed by atoms with Crippen LogP contribution in [0.4, 0.5) is 4.39 Å². The van der Waals surface area contributed by atoms with Gasteiger partial charge in [-0.25, -0.2) is 12.8 Å². The zero-order valence-electron chi connectivity index (χ0n) is 9.03. The Morgan fingerprint density at radius 2 is 2.12 bits per heavy atom. The molecule has 2 rings (SSSR count). The molecular weight excluding hydrogens is 229 g/mol. The van der Waals surface area contributed by atoms with Crippen LogP contribution in [0.1, 0.15) is 17.9 Å². The van der Waals surface area contributed by atoms with Gasteiger partial charge in [0.05, 0.1) is 4.90 Å². The number of halogens is 1. The molecule has 0 amide bonds. The fraction of sp³-hybridized carbons (Fsp3) is 0.455. The predicted octanol–water partition coefficient (Wildman–Crippen LogP) is 1.31. The van der Waals surface area contributed by atoms with Crippen LogP contribution in [0.3, 0.4) is 0 Å². The van der Waals surface area contributed by atoms with Crippen LogP contribution >= 0.6 is 0 Å². The van der Waals surface area contributed by atoms with Crippen LogP contribution in [0.15, 0.2) is 23.1 Å². The normalized spacial score (nSPS) is 21.2. The molecule has 16 heavy (non-hydrogen) atoms. The molecule has 1 aromatic rings. The minimum atomic E-state index is -3.34. The largest absolute Gasteiger partial charge is 0.316 e. The van der Waals surface area contributed by atoms with E-state index in [-0.39, 0.29) is 10.8 Å². The summed E-state index contributed by atoms with van der Waals surface area (Å²) >= 11 is 0. The van der Waals surface area contributed by atoms with Gasteiger partial charge in [0.25, 0.3) is 0 Å². The number of benzene rings is 1. The van der Waals surface area contributed by atoms with Gasteiger partial charge < -0.3 is 5.32 Å². The molecule has 0 spiro atoms. The van der Waals surface area contributed by atoms with Crippen LogP contribution < -0.4 is 5.32 Å². The zero-order chi connectivity index (χ0) is 11.8. The third-order valence-electron chi connectivity index (χ3n) is 2.85. The molecular formula is C11H14FNO2S. The average molecular weight is 243 g/mol. The SMILES string of the molecule is CS(=O)(=O)c1cc(F)cc(C2CCNC2)c1. The van der Waals surface area contributed by atoms with Crippen molar-refractivity contribution >= 4 is 9.84 Å². The highest BCUT2D eigenvalue weighted by atomic mass is 32.2. The Hall–Kier alpha value is -0.940. The zero-order valence-corrected chi connectivity index (χ0v) is 9.85. The Morgan fingerprint density at radius 3 is 2.69 bits per heavy atom. The van der Waals surface area contributed by atoms with E-state index in [0.29, 0.717) is 0 Å². The van der Waals surface area contributed by atoms with E-state index in [1.54, 1.807) is 6.07 Å². The van der Waals surface area contributed by atoms with Crippen LogP contribution in [0.2, 0.25) is 0 Å². The molecule has 1 atom stereocenters. The van der Waals surface area contributed by atoms with Crippen molar-refractivity contribution in [2.45, 2.75) is 17.2 Å². The smallest absolute Gasteiger partial charge is 0.175 e. The molecule has 1 fully saturated rings. The van der Waals surface area contributed by atoms with E-state index in [2.05, 4.69) is 5.32 Å². The molecule has 0 aromatic heterocycles. The number of hydrogen-bond donors (Lipinski definition) is 1. The lowest BCUT2D eigenvalue weighted by molar-refractivity contribution is 0.593. The van der Waals surface area contributed by atoms with Gasteiger partial charge in [-0.05, 0) is 42.6 Å². The third kappa shape index (κ3) is 2.41. The summed E-state index contributed by atoms with van der Waals surface area (Å²) in [5, 5.41) is 3.18. The van der Waals surface area contributed by atoms with Crippen molar-refractivity contribution in [1.29, 1.82) is 0 Å². The first-order valence-corrected chi connectivity index (χ1v) is 7.07. The quantitative estimate of drug-likeness (QED) is 0.851. The summed E-state index contributed by atoms with van der Waals surface area (Å²) in [6, 6.07) is 4.07. The molecule has 0 saturated carbocycles. The van der Waals surface area contributed by atoms with Crippen molar-refractivity contribution in [1.82, 2.24) is 5.32 Å². The summed E-state index contributed by atoms with van der Waals surface area (Å²) in [4.78, 5) is 0.0643. The highest BCUT2D eigenvalue weighted by molar-refractivity contribution is 7.90. The van der Waals surface area contributed by atoms with Gasteiger partial charge >= 0.3 is 0 Å². The monoisotopic (exact) mass is 243 g/mol. The van der Waals surface area contributed by atoms with Gasteiger partial charge in [0.1, 0.15) is 5.82 Å². The number of rotatable bonds is 2. The molecule has 1 N–H and O–H groups in total. The number of sulfone groups is 1. The van der Waals surface area contributed by atoms with Crippen molar-refractivity contribution in [3.63, 3.8) is 0 Å². The summed E-state index contributed by atoms with van der Waals surface area (Å²) < 4.78 is 36.1. The third-order valence-corrected chi connectivity index (χ3v) is 3.95. The standard InChI is InChI=1S/C11H14FNO2S/c1-16(14,15)11-5-9(4-10(12)6-11)8-2-3-13-7-8/h4-6,8,13H,2-3,7H2,1H3. The molecule has 0 aliphatic carbocycles. The van der Waals surface area contributed by atoms with Crippen LogP contribution in [0.25, 0.3) is 0 Å². The van der Waals surface area contributed by atoms with E-state index in [1.165, 1.54) is 6.07 Å². The van der Waals surface area contributed by atoms with Gasteiger partial charge in [-0.1, -0.05) is 0 Å². The second-order valence-electron chi connectivity index (χ2n) is 4.18. The fourth-order valence-corrected chi connectivity index (χ4v) is 2.65. The second kappa shape index (κ2) is 4.14. The summed E-state index contributed by atoms with van der Waals surface area (Å²) in [5.41, 5.74) is 0.769. The lowest BCUT2D eigenvalue weighted by Gasteiger charge is -2.10. The van der Waals surface area contributed by atoms with E-state index in [9.17, 15) is 12.8 Å². The summed E-state index contributed by atoms with van der Waals surface area (Å²) in [6.45, 7) is 1.68. The Bertz CT molecular complexity index is 493. The minimum absolute atomic E-state index is 0.0643. The first-order chi connectivity index (χ1) is 7.47. The van der Waals surface area contributed by atoms with Crippen molar-refractivity contribution in [2.75, 3.05) is 19.3 Å². The topological polar surface area (TPSA) is 46.2 Å². The van der Waals surface area contributed by atoms with Crippen LogP contribution in [-0.2, 0) is 9.84 Å². The summed E-state index contributed by atoms with van der Waals surface area (Å²) in [5.74, 6) is -0.263. The van der Waals surface area contributed by atoms with E-state index >= 15 is 0 Å². The molecule has 0 radical (unpaired) electrons. The Balaban J connectivity index is 2.43. The Labute approximate surface area is 94.6 Å². The predicted molar refractivity (Wildman–Crippen MR) is 59.7 cm³/mol. The Morgan fingerprint density at radius 1 is 1.38 bits per heavy atom. The molecule has 1 aromatic carbocycles. The Kier molecular flexibility index (Phi) is 2.99. The molecule has 1 aliphatic rings. The molecule has 0 bridgehead atoms. The van der Waals surface area contributed by atoms with Crippen molar-refractivity contribution in [2.24, 2.45) is 0 Å². The number of nitrogens with one attached hydrogen (secondary N) is 1. The highest BCUT2D eigenvalue weighted by Crippen LogP contribution is 2.25. The molecule has 1 heterocycles. The molecule has 3 nitrogen and oxygen atoms in total. The van der Waals surface area contributed by atoms with Crippen molar-refractivity contribution in [3.05, 3.63) is 29.6 Å². The average Bonchev–Trinajstić information content (AvgIpc) is 2.68. The van der Waals surface area contributed by atoms with E-state index < -0.39 is 15.7 Å². The van der Waals surface area contributed by atoms with E-state index in [0.717, 1.165) is 37.4 Å². The molecule has 1 aliphatic heterocycles. The van der Waals surface area contributed by atoms with Gasteiger partial charge in [-0.2, -0.15) is 0 Å². The van der Waals surface area contributed by atoms with Gasteiger partial charge in [-0.3, -0.25) is 0 Å². The molecule has 5 heteroatoms. The molecule has 88 valence electrons.